The van der Waals surface area contributed by atoms with E-state index in [1.807, 2.05) is 46.2 Å². The van der Waals surface area contributed by atoms with E-state index in [9.17, 15) is 14.4 Å². The molecule has 1 atom stereocenters. The average molecular weight is 448 g/mol. The third kappa shape index (κ3) is 4.05. The molecule has 1 aromatic heterocycles. The molecule has 2 amide bonds. The highest BCUT2D eigenvalue weighted by atomic mass is 31.0. The molecular weight excluding hydrogens is 423 g/mol. The van der Waals surface area contributed by atoms with Crippen LogP contribution in [-0.2, 0) is 11.2 Å². The lowest BCUT2D eigenvalue weighted by atomic mass is 10.0. The minimum absolute atomic E-state index is 0.0188. The summed E-state index contributed by atoms with van der Waals surface area (Å²) in [4.78, 5) is 41.3. The molecule has 1 saturated heterocycles. The average Bonchev–Trinajstić information content (AvgIpc) is 3.67. The number of carbonyl (C=O) groups is 2. The Morgan fingerprint density at radius 1 is 1.00 bits per heavy atom. The molecule has 1 unspecified atom stereocenters. The Morgan fingerprint density at radius 2 is 1.69 bits per heavy atom. The van der Waals surface area contributed by atoms with E-state index in [4.69, 9.17) is 0 Å². The molecule has 164 valence electrons. The third-order valence-corrected chi connectivity index (χ3v) is 6.80. The monoisotopic (exact) mass is 448 g/mol. The van der Waals surface area contributed by atoms with Crippen LogP contribution in [0.4, 0.5) is 0 Å². The number of fused-ring (bicyclic) bond motifs is 1. The fourth-order valence-corrected chi connectivity index (χ4v) is 4.59. The van der Waals surface area contributed by atoms with Crippen LogP contribution < -0.4 is 10.9 Å². The Hall–Kier alpha value is -3.05. The van der Waals surface area contributed by atoms with E-state index in [2.05, 4.69) is 19.4 Å². The number of hydrogen-bond acceptors (Lipinski definition) is 4. The first-order valence-corrected chi connectivity index (χ1v) is 11.5. The van der Waals surface area contributed by atoms with Gasteiger partial charge in [0, 0.05) is 49.5 Å². The zero-order valence-electron chi connectivity index (χ0n) is 17.7. The topological polar surface area (TPSA) is 86.4 Å². The second kappa shape index (κ2) is 8.47. The first-order chi connectivity index (χ1) is 15.5. The molecule has 0 spiro atoms. The normalized spacial score (nSPS) is 16.4. The van der Waals surface area contributed by atoms with E-state index in [0.717, 1.165) is 34.8 Å². The fraction of sp³-hybridized carbons (Fsp3) is 0.333. The summed E-state index contributed by atoms with van der Waals surface area (Å²) in [6.07, 6.45) is 2.51. The highest BCUT2D eigenvalue weighted by molar-refractivity contribution is 7.27. The van der Waals surface area contributed by atoms with Gasteiger partial charge in [-0.25, -0.2) is 5.10 Å². The first kappa shape index (κ1) is 20.8. The summed E-state index contributed by atoms with van der Waals surface area (Å²) in [6, 6.07) is 13.2. The van der Waals surface area contributed by atoms with Gasteiger partial charge in [0.15, 0.2) is 0 Å². The van der Waals surface area contributed by atoms with Crippen LogP contribution in [0.15, 0.2) is 47.3 Å². The number of carbonyl (C=O) groups excluding carboxylic acids is 2. The van der Waals surface area contributed by atoms with Gasteiger partial charge in [-0.15, -0.1) is 9.24 Å². The second-order valence-corrected chi connectivity index (χ2v) is 9.16. The van der Waals surface area contributed by atoms with Crippen molar-refractivity contribution in [1.29, 1.82) is 0 Å². The Balaban J connectivity index is 1.34. The van der Waals surface area contributed by atoms with Crippen LogP contribution in [0.5, 0.6) is 0 Å². The van der Waals surface area contributed by atoms with Crippen molar-refractivity contribution in [1.82, 2.24) is 20.0 Å². The molecule has 1 saturated carbocycles. The maximum atomic E-state index is 13.3. The largest absolute Gasteiger partial charge is 0.339 e. The number of nitrogens with one attached hydrogen (secondary N) is 1. The summed E-state index contributed by atoms with van der Waals surface area (Å²) >= 11 is 0. The smallest absolute Gasteiger partial charge is 0.272 e. The van der Waals surface area contributed by atoms with Crippen LogP contribution in [0.2, 0.25) is 0 Å². The number of aromatic amines is 1. The molecule has 32 heavy (non-hydrogen) atoms. The van der Waals surface area contributed by atoms with Gasteiger partial charge < -0.3 is 9.80 Å². The second-order valence-electron chi connectivity index (χ2n) is 8.54. The number of piperazine rings is 1. The summed E-state index contributed by atoms with van der Waals surface area (Å²) in [5, 5.41) is 9.09. The number of benzene rings is 2. The number of rotatable bonds is 4. The van der Waals surface area contributed by atoms with Crippen molar-refractivity contribution in [3.05, 3.63) is 69.6 Å². The third-order valence-electron chi connectivity index (χ3n) is 6.30. The van der Waals surface area contributed by atoms with Gasteiger partial charge in [-0.05, 0) is 35.8 Å². The van der Waals surface area contributed by atoms with Gasteiger partial charge in [0.1, 0.15) is 0 Å². The van der Waals surface area contributed by atoms with Crippen LogP contribution >= 0.6 is 9.24 Å². The molecule has 0 bridgehead atoms. The van der Waals surface area contributed by atoms with Crippen molar-refractivity contribution < 1.29 is 9.59 Å². The van der Waals surface area contributed by atoms with Crippen LogP contribution in [0.3, 0.4) is 0 Å². The van der Waals surface area contributed by atoms with Gasteiger partial charge in [0.05, 0.1) is 11.1 Å². The van der Waals surface area contributed by atoms with Crippen LogP contribution in [0.25, 0.3) is 10.8 Å². The van der Waals surface area contributed by atoms with Crippen molar-refractivity contribution in [2.75, 3.05) is 26.2 Å². The summed E-state index contributed by atoms with van der Waals surface area (Å²) in [5.74, 6) is 0.436. The fourth-order valence-electron chi connectivity index (χ4n) is 4.29. The Morgan fingerprint density at radius 3 is 2.41 bits per heavy atom. The maximum absolute atomic E-state index is 13.3. The van der Waals surface area contributed by atoms with E-state index in [-0.39, 0.29) is 23.3 Å². The highest BCUT2D eigenvalue weighted by Crippen LogP contribution is 2.31. The van der Waals surface area contributed by atoms with E-state index < -0.39 is 0 Å². The molecule has 1 aliphatic carbocycles. The standard InChI is InChI=1S/C24H25N4O3P/c29-22-18-4-2-1-3-17(18)20(25-26-22)14-15-5-8-21(32)19(13-15)24(31)28-11-9-27(10-12-28)23(30)16-6-7-16/h1-5,8,13,16H,6-7,9-12,14,32H2,(H,26,29). The number of nitrogens with zero attached hydrogens (tertiary/aromatic N) is 3. The Labute approximate surface area is 188 Å². The summed E-state index contributed by atoms with van der Waals surface area (Å²) in [5.41, 5.74) is 2.15. The van der Waals surface area contributed by atoms with Crippen molar-refractivity contribution in [2.45, 2.75) is 19.3 Å². The predicted octanol–water partition coefficient (Wildman–Crippen LogP) is 1.71. The van der Waals surface area contributed by atoms with Crippen molar-refractivity contribution in [3.63, 3.8) is 0 Å². The molecule has 1 N–H and O–H groups in total. The number of aromatic nitrogens is 2. The SMILES string of the molecule is O=C(c1cc(Cc2n[nH]c(=O)c3ccccc23)ccc1P)N1CCN(C(=O)C2CC2)CC1. The van der Waals surface area contributed by atoms with E-state index in [0.29, 0.717) is 43.5 Å². The molecule has 7 nitrogen and oxygen atoms in total. The number of amides is 2. The van der Waals surface area contributed by atoms with Crippen molar-refractivity contribution >= 4 is 37.1 Å². The maximum Gasteiger partial charge on any atom is 0.272 e. The zero-order valence-corrected chi connectivity index (χ0v) is 18.9. The van der Waals surface area contributed by atoms with Gasteiger partial charge in [0.25, 0.3) is 11.5 Å². The molecule has 2 aliphatic rings. The van der Waals surface area contributed by atoms with Gasteiger partial charge >= 0.3 is 0 Å². The summed E-state index contributed by atoms with van der Waals surface area (Å²) in [6.45, 7) is 2.30. The van der Waals surface area contributed by atoms with Crippen molar-refractivity contribution in [2.24, 2.45) is 5.92 Å². The molecule has 5 rings (SSSR count). The lowest BCUT2D eigenvalue weighted by Crippen LogP contribution is -2.51. The lowest BCUT2D eigenvalue weighted by Gasteiger charge is -2.35. The van der Waals surface area contributed by atoms with Gasteiger partial charge in [0.2, 0.25) is 5.91 Å². The minimum atomic E-state index is -0.208. The van der Waals surface area contributed by atoms with Gasteiger partial charge in [-0.1, -0.05) is 30.3 Å². The van der Waals surface area contributed by atoms with E-state index in [1.54, 1.807) is 6.07 Å². The molecule has 0 radical (unpaired) electrons. The Kier molecular flexibility index (Phi) is 5.51. The molecular formula is C24H25N4O3P. The van der Waals surface area contributed by atoms with Gasteiger partial charge in [-0.2, -0.15) is 5.10 Å². The van der Waals surface area contributed by atoms with E-state index >= 15 is 0 Å². The van der Waals surface area contributed by atoms with Crippen LogP contribution in [0, 0.1) is 5.92 Å². The number of H-pyrrole nitrogens is 1. The van der Waals surface area contributed by atoms with Crippen LogP contribution in [0.1, 0.15) is 34.5 Å². The van der Waals surface area contributed by atoms with Crippen LogP contribution in [-0.4, -0.2) is 58.0 Å². The first-order valence-electron chi connectivity index (χ1n) is 10.9. The highest BCUT2D eigenvalue weighted by Gasteiger charge is 2.35. The molecule has 2 fully saturated rings. The zero-order chi connectivity index (χ0) is 22.2. The molecule has 2 aromatic carbocycles. The minimum Gasteiger partial charge on any atom is -0.339 e. The van der Waals surface area contributed by atoms with Crippen molar-refractivity contribution in [3.8, 4) is 0 Å². The van der Waals surface area contributed by atoms with E-state index in [1.165, 1.54) is 0 Å². The Bertz CT molecular complexity index is 1260. The van der Waals surface area contributed by atoms with Gasteiger partial charge in [-0.3, -0.25) is 14.4 Å². The molecule has 3 aromatic rings. The molecule has 2 heterocycles. The lowest BCUT2D eigenvalue weighted by molar-refractivity contribution is -0.134. The molecule has 1 aliphatic heterocycles. The summed E-state index contributed by atoms with van der Waals surface area (Å²) < 4.78 is 0. The summed E-state index contributed by atoms with van der Waals surface area (Å²) in [7, 11) is 2.64. The number of hydrogen-bond donors (Lipinski definition) is 1. The predicted molar refractivity (Wildman–Crippen MR) is 126 cm³/mol. The quantitative estimate of drug-likeness (QED) is 0.616. The molecule has 8 heteroatoms.